The Morgan fingerprint density at radius 1 is 1.39 bits per heavy atom. The minimum atomic E-state index is -3.18. The zero-order valence-electron chi connectivity index (χ0n) is 10.3. The van der Waals surface area contributed by atoms with Gasteiger partial charge in [-0.05, 0) is 19.3 Å². The standard InChI is InChI=1S/C11H17N3O3S/c1-18(15,16)14-8-9-6-12-11(13-7-9)10-4-2-3-5-17-10/h6-7,10,14H,2-5,8H2,1H3. The van der Waals surface area contributed by atoms with Gasteiger partial charge in [-0.25, -0.2) is 23.1 Å². The van der Waals surface area contributed by atoms with Crippen LogP contribution >= 0.6 is 0 Å². The molecule has 2 heterocycles. The summed E-state index contributed by atoms with van der Waals surface area (Å²) in [5.74, 6) is 0.679. The predicted molar refractivity (Wildman–Crippen MR) is 66.3 cm³/mol. The Morgan fingerprint density at radius 2 is 2.11 bits per heavy atom. The second-order valence-corrected chi connectivity index (χ2v) is 6.23. The van der Waals surface area contributed by atoms with Gasteiger partial charge in [0.2, 0.25) is 10.0 Å². The smallest absolute Gasteiger partial charge is 0.209 e. The maximum Gasteiger partial charge on any atom is 0.209 e. The molecule has 0 radical (unpaired) electrons. The van der Waals surface area contributed by atoms with Crippen LogP contribution in [0, 0.1) is 0 Å². The SMILES string of the molecule is CS(=O)(=O)NCc1cnc(C2CCCCO2)nc1. The molecule has 0 saturated carbocycles. The fourth-order valence-corrected chi connectivity index (χ4v) is 2.21. The van der Waals surface area contributed by atoms with Gasteiger partial charge in [0, 0.05) is 31.1 Å². The molecule has 1 saturated heterocycles. The molecular weight excluding hydrogens is 254 g/mol. The van der Waals surface area contributed by atoms with Crippen LogP contribution in [0.25, 0.3) is 0 Å². The van der Waals surface area contributed by atoms with Gasteiger partial charge in [0.05, 0.1) is 6.26 Å². The highest BCUT2D eigenvalue weighted by Gasteiger charge is 2.18. The molecule has 0 bridgehead atoms. The third kappa shape index (κ3) is 4.01. The highest BCUT2D eigenvalue weighted by Crippen LogP contribution is 2.24. The van der Waals surface area contributed by atoms with E-state index < -0.39 is 10.0 Å². The molecule has 1 aromatic heterocycles. The molecule has 18 heavy (non-hydrogen) atoms. The van der Waals surface area contributed by atoms with Gasteiger partial charge in [0.15, 0.2) is 5.82 Å². The van der Waals surface area contributed by atoms with E-state index in [-0.39, 0.29) is 12.6 Å². The van der Waals surface area contributed by atoms with E-state index in [1.807, 2.05) is 0 Å². The quantitative estimate of drug-likeness (QED) is 0.874. The fourth-order valence-electron chi connectivity index (χ4n) is 1.78. The summed E-state index contributed by atoms with van der Waals surface area (Å²) in [5.41, 5.74) is 0.736. The zero-order chi connectivity index (χ0) is 13.0. The molecule has 1 aliphatic rings. The first-order chi connectivity index (χ1) is 8.54. The van der Waals surface area contributed by atoms with E-state index in [2.05, 4.69) is 14.7 Å². The highest BCUT2D eigenvalue weighted by atomic mass is 32.2. The van der Waals surface area contributed by atoms with Crippen molar-refractivity contribution in [3.05, 3.63) is 23.8 Å². The van der Waals surface area contributed by atoms with Crippen LogP contribution in [0.3, 0.4) is 0 Å². The minimum absolute atomic E-state index is 0.0179. The maximum atomic E-state index is 10.9. The van der Waals surface area contributed by atoms with E-state index in [4.69, 9.17) is 4.74 Å². The lowest BCUT2D eigenvalue weighted by Crippen LogP contribution is -2.21. The molecular formula is C11H17N3O3S. The Balaban J connectivity index is 1.96. The number of sulfonamides is 1. The van der Waals surface area contributed by atoms with Crippen molar-refractivity contribution in [2.75, 3.05) is 12.9 Å². The summed E-state index contributed by atoms with van der Waals surface area (Å²) in [7, 11) is -3.18. The van der Waals surface area contributed by atoms with E-state index >= 15 is 0 Å². The molecule has 1 aliphatic heterocycles. The lowest BCUT2D eigenvalue weighted by atomic mass is 10.1. The van der Waals surface area contributed by atoms with E-state index in [0.29, 0.717) is 5.82 Å². The highest BCUT2D eigenvalue weighted by molar-refractivity contribution is 7.88. The largest absolute Gasteiger partial charge is 0.370 e. The summed E-state index contributed by atoms with van der Waals surface area (Å²) in [6, 6.07) is 0. The number of nitrogens with zero attached hydrogens (tertiary/aromatic N) is 2. The van der Waals surface area contributed by atoms with Gasteiger partial charge in [0.1, 0.15) is 6.10 Å². The Bertz CT molecular complexity index is 481. The van der Waals surface area contributed by atoms with Crippen LogP contribution in [-0.2, 0) is 21.3 Å². The van der Waals surface area contributed by atoms with Crippen LogP contribution < -0.4 is 4.72 Å². The van der Waals surface area contributed by atoms with E-state index in [0.717, 1.165) is 37.7 Å². The summed E-state index contributed by atoms with van der Waals surface area (Å²) in [6.07, 6.45) is 7.55. The monoisotopic (exact) mass is 271 g/mol. The first kappa shape index (κ1) is 13.4. The average molecular weight is 271 g/mol. The summed E-state index contributed by atoms with van der Waals surface area (Å²) < 4.78 is 29.9. The molecule has 1 aromatic rings. The Kier molecular flexibility index (Phi) is 4.26. The molecule has 1 unspecified atom stereocenters. The van der Waals surface area contributed by atoms with Gasteiger partial charge < -0.3 is 4.74 Å². The van der Waals surface area contributed by atoms with E-state index in [1.54, 1.807) is 12.4 Å². The summed E-state index contributed by atoms with van der Waals surface area (Å²) in [4.78, 5) is 8.46. The first-order valence-electron chi connectivity index (χ1n) is 5.92. The lowest BCUT2D eigenvalue weighted by molar-refractivity contribution is 0.00940. The first-order valence-corrected chi connectivity index (χ1v) is 7.81. The normalized spacial score (nSPS) is 20.8. The number of aromatic nitrogens is 2. The topological polar surface area (TPSA) is 81.2 Å². The van der Waals surface area contributed by atoms with E-state index in [9.17, 15) is 8.42 Å². The molecule has 0 aromatic carbocycles. The predicted octanol–water partition coefficient (Wildman–Crippen LogP) is 0.767. The summed E-state index contributed by atoms with van der Waals surface area (Å²) in [6.45, 7) is 0.968. The Morgan fingerprint density at radius 3 is 2.67 bits per heavy atom. The van der Waals surface area contributed by atoms with Gasteiger partial charge in [0.25, 0.3) is 0 Å². The van der Waals surface area contributed by atoms with Crippen molar-refractivity contribution in [3.63, 3.8) is 0 Å². The van der Waals surface area contributed by atoms with Crippen molar-refractivity contribution in [1.29, 1.82) is 0 Å². The summed E-state index contributed by atoms with van der Waals surface area (Å²) >= 11 is 0. The van der Waals surface area contributed by atoms with Crippen molar-refractivity contribution >= 4 is 10.0 Å². The fraction of sp³-hybridized carbons (Fsp3) is 0.636. The lowest BCUT2D eigenvalue weighted by Gasteiger charge is -2.21. The van der Waals surface area contributed by atoms with Gasteiger partial charge in [-0.15, -0.1) is 0 Å². The molecule has 100 valence electrons. The molecule has 7 heteroatoms. The molecule has 6 nitrogen and oxygen atoms in total. The number of ether oxygens (including phenoxy) is 1. The molecule has 1 atom stereocenters. The number of nitrogens with one attached hydrogen (secondary N) is 1. The van der Waals surface area contributed by atoms with E-state index in [1.165, 1.54) is 0 Å². The molecule has 1 N–H and O–H groups in total. The van der Waals surface area contributed by atoms with Crippen molar-refractivity contribution in [2.24, 2.45) is 0 Å². The van der Waals surface area contributed by atoms with Gasteiger partial charge >= 0.3 is 0 Å². The van der Waals surface area contributed by atoms with Crippen LogP contribution in [0.2, 0.25) is 0 Å². The van der Waals surface area contributed by atoms with Crippen molar-refractivity contribution in [3.8, 4) is 0 Å². The van der Waals surface area contributed by atoms with Crippen LogP contribution in [0.15, 0.2) is 12.4 Å². The molecule has 0 aliphatic carbocycles. The zero-order valence-corrected chi connectivity index (χ0v) is 11.1. The second-order valence-electron chi connectivity index (χ2n) is 4.40. The van der Waals surface area contributed by atoms with Crippen molar-refractivity contribution in [2.45, 2.75) is 31.9 Å². The Hall–Kier alpha value is -1.05. The minimum Gasteiger partial charge on any atom is -0.370 e. The van der Waals surface area contributed by atoms with Crippen LogP contribution in [0.5, 0.6) is 0 Å². The number of hydrogen-bond donors (Lipinski definition) is 1. The number of rotatable bonds is 4. The molecule has 2 rings (SSSR count). The average Bonchev–Trinajstić information content (AvgIpc) is 2.37. The van der Waals surface area contributed by atoms with Gasteiger partial charge in [-0.3, -0.25) is 0 Å². The third-order valence-corrected chi connectivity index (χ3v) is 3.40. The van der Waals surface area contributed by atoms with Crippen molar-refractivity contribution < 1.29 is 13.2 Å². The van der Waals surface area contributed by atoms with Gasteiger partial charge in [-0.1, -0.05) is 0 Å². The number of hydrogen-bond acceptors (Lipinski definition) is 5. The van der Waals surface area contributed by atoms with Gasteiger partial charge in [-0.2, -0.15) is 0 Å². The van der Waals surface area contributed by atoms with Crippen molar-refractivity contribution in [1.82, 2.24) is 14.7 Å². The summed E-state index contributed by atoms with van der Waals surface area (Å²) in [5, 5.41) is 0. The molecule has 0 amide bonds. The Labute approximate surface area is 107 Å². The second kappa shape index (κ2) is 5.73. The maximum absolute atomic E-state index is 10.9. The molecule has 1 fully saturated rings. The van der Waals surface area contributed by atoms with Crippen LogP contribution in [0.1, 0.15) is 36.8 Å². The third-order valence-electron chi connectivity index (χ3n) is 2.73. The van der Waals surface area contributed by atoms with Crippen LogP contribution in [-0.4, -0.2) is 31.2 Å². The molecule has 0 spiro atoms. The van der Waals surface area contributed by atoms with Crippen LogP contribution in [0.4, 0.5) is 0 Å².